The smallest absolute Gasteiger partial charge is 0.275 e. The van der Waals surface area contributed by atoms with E-state index >= 15 is 0 Å². The van der Waals surface area contributed by atoms with Gasteiger partial charge in [0.25, 0.3) is 5.56 Å². The largest absolute Gasteiger partial charge is 0.316 e. The highest BCUT2D eigenvalue weighted by molar-refractivity contribution is 7.14. The number of rotatable bonds is 2. The first-order chi connectivity index (χ1) is 9.72. The van der Waals surface area contributed by atoms with Crippen LogP contribution >= 0.6 is 11.3 Å². The van der Waals surface area contributed by atoms with Gasteiger partial charge in [0.05, 0.1) is 5.69 Å². The molecule has 106 valence electrons. The highest BCUT2D eigenvalue weighted by Gasteiger charge is 2.41. The van der Waals surface area contributed by atoms with E-state index in [1.165, 1.54) is 15.9 Å². The lowest BCUT2D eigenvalue weighted by Crippen LogP contribution is -2.33. The average molecular weight is 291 g/mol. The van der Waals surface area contributed by atoms with Crippen LogP contribution in [0.3, 0.4) is 0 Å². The Labute approximate surface area is 120 Å². The van der Waals surface area contributed by atoms with E-state index in [2.05, 4.69) is 27.2 Å². The molecule has 0 aromatic carbocycles. The minimum Gasteiger partial charge on any atom is -0.316 e. The summed E-state index contributed by atoms with van der Waals surface area (Å²) in [5.74, 6) is 1.49. The number of nitrogens with zero attached hydrogens (tertiary/aromatic N) is 4. The maximum atomic E-state index is 12.0. The third-order valence-electron chi connectivity index (χ3n) is 4.66. The Kier molecular flexibility index (Phi) is 2.87. The van der Waals surface area contributed by atoms with Gasteiger partial charge in [0.2, 0.25) is 4.96 Å². The van der Waals surface area contributed by atoms with Crippen LogP contribution in [0.15, 0.2) is 16.4 Å². The molecular formula is C13H17N5OS. The number of likely N-dealkylation sites (tertiary alicyclic amines) is 1. The third kappa shape index (κ3) is 1.88. The summed E-state index contributed by atoms with van der Waals surface area (Å²) < 4.78 is 1.36. The van der Waals surface area contributed by atoms with Gasteiger partial charge in [-0.1, -0.05) is 11.3 Å². The molecule has 0 aliphatic carbocycles. The van der Waals surface area contributed by atoms with E-state index in [0.29, 0.717) is 11.0 Å². The van der Waals surface area contributed by atoms with Crippen molar-refractivity contribution in [2.75, 3.05) is 19.6 Å². The Morgan fingerprint density at radius 3 is 3.25 bits per heavy atom. The molecule has 0 spiro atoms. The molecule has 0 bridgehead atoms. The molecule has 6 nitrogen and oxygen atoms in total. The van der Waals surface area contributed by atoms with Crippen LogP contribution in [0.5, 0.6) is 0 Å². The summed E-state index contributed by atoms with van der Waals surface area (Å²) >= 11 is 1.40. The summed E-state index contributed by atoms with van der Waals surface area (Å²) in [6.45, 7) is 6.39. The molecule has 2 aromatic heterocycles. The molecule has 4 rings (SSSR count). The molecule has 2 fully saturated rings. The summed E-state index contributed by atoms with van der Waals surface area (Å²) in [5, 5.41) is 7.46. The van der Waals surface area contributed by atoms with Crippen LogP contribution in [0.2, 0.25) is 0 Å². The number of nitrogens with one attached hydrogen (secondary N) is 1. The van der Waals surface area contributed by atoms with Crippen molar-refractivity contribution in [3.63, 3.8) is 0 Å². The van der Waals surface area contributed by atoms with Crippen molar-refractivity contribution in [3.05, 3.63) is 27.6 Å². The molecule has 4 heterocycles. The van der Waals surface area contributed by atoms with Crippen LogP contribution in [-0.4, -0.2) is 45.2 Å². The predicted molar refractivity (Wildman–Crippen MR) is 76.9 cm³/mol. The van der Waals surface area contributed by atoms with Gasteiger partial charge in [-0.3, -0.25) is 9.69 Å². The molecule has 3 unspecified atom stereocenters. The lowest BCUT2D eigenvalue weighted by molar-refractivity contribution is 0.229. The Balaban J connectivity index is 1.60. The van der Waals surface area contributed by atoms with Crippen molar-refractivity contribution < 1.29 is 0 Å². The molecule has 2 aromatic rings. The van der Waals surface area contributed by atoms with E-state index in [1.54, 1.807) is 11.6 Å². The highest BCUT2D eigenvalue weighted by atomic mass is 32.1. The minimum absolute atomic E-state index is 0.0834. The highest BCUT2D eigenvalue weighted by Crippen LogP contribution is 2.32. The van der Waals surface area contributed by atoms with Gasteiger partial charge < -0.3 is 5.32 Å². The number of hydrogen-bond donors (Lipinski definition) is 1. The summed E-state index contributed by atoms with van der Waals surface area (Å²) in [6.07, 6.45) is 0. The minimum atomic E-state index is -0.0834. The van der Waals surface area contributed by atoms with Crippen molar-refractivity contribution in [2.45, 2.75) is 19.5 Å². The fourth-order valence-electron chi connectivity index (χ4n) is 3.55. The van der Waals surface area contributed by atoms with Crippen LogP contribution in [0.4, 0.5) is 0 Å². The lowest BCUT2D eigenvalue weighted by atomic mass is 9.95. The summed E-state index contributed by atoms with van der Waals surface area (Å²) in [4.78, 5) is 19.6. The molecule has 1 N–H and O–H groups in total. The quantitative estimate of drug-likeness (QED) is 0.856. The standard InChI is InChI=1S/C13H17N5OS/c1-8-11-4-14-3-9(11)5-17(8)6-10-2-12(19)18-13(16-10)20-7-15-18/h2,7-9,11,14H,3-6H2,1H3. The first-order valence-electron chi connectivity index (χ1n) is 6.99. The van der Waals surface area contributed by atoms with Gasteiger partial charge >= 0.3 is 0 Å². The molecule has 0 radical (unpaired) electrons. The fourth-order valence-corrected chi connectivity index (χ4v) is 4.20. The van der Waals surface area contributed by atoms with Gasteiger partial charge in [0, 0.05) is 25.2 Å². The van der Waals surface area contributed by atoms with Gasteiger partial charge in [-0.25, -0.2) is 4.98 Å². The van der Waals surface area contributed by atoms with Crippen LogP contribution in [0.25, 0.3) is 4.96 Å². The van der Waals surface area contributed by atoms with Gasteiger partial charge in [0.15, 0.2) is 0 Å². The zero-order valence-corrected chi connectivity index (χ0v) is 12.1. The normalized spacial score (nSPS) is 30.1. The van der Waals surface area contributed by atoms with Crippen LogP contribution in [0, 0.1) is 11.8 Å². The molecule has 2 aliphatic rings. The van der Waals surface area contributed by atoms with Crippen molar-refractivity contribution in [3.8, 4) is 0 Å². The molecule has 7 heteroatoms. The van der Waals surface area contributed by atoms with Crippen LogP contribution in [0.1, 0.15) is 12.6 Å². The lowest BCUT2D eigenvalue weighted by Gasteiger charge is -2.23. The molecule has 2 saturated heterocycles. The zero-order valence-electron chi connectivity index (χ0n) is 11.3. The number of fused-ring (bicyclic) bond motifs is 2. The van der Waals surface area contributed by atoms with E-state index in [4.69, 9.17) is 0 Å². The first kappa shape index (κ1) is 12.4. The summed E-state index contributed by atoms with van der Waals surface area (Å²) in [7, 11) is 0. The Morgan fingerprint density at radius 1 is 1.50 bits per heavy atom. The Morgan fingerprint density at radius 2 is 2.40 bits per heavy atom. The van der Waals surface area contributed by atoms with E-state index in [9.17, 15) is 4.79 Å². The first-order valence-corrected chi connectivity index (χ1v) is 7.87. The topological polar surface area (TPSA) is 62.5 Å². The monoisotopic (exact) mass is 291 g/mol. The molecule has 0 saturated carbocycles. The maximum absolute atomic E-state index is 12.0. The van der Waals surface area contributed by atoms with Crippen LogP contribution in [-0.2, 0) is 6.54 Å². The number of hydrogen-bond acceptors (Lipinski definition) is 6. The number of aromatic nitrogens is 3. The average Bonchev–Trinajstić information content (AvgIpc) is 3.09. The third-order valence-corrected chi connectivity index (χ3v) is 5.34. The van der Waals surface area contributed by atoms with E-state index in [-0.39, 0.29) is 5.56 Å². The van der Waals surface area contributed by atoms with Gasteiger partial charge in [-0.2, -0.15) is 9.61 Å². The Bertz CT molecular complexity index is 695. The second kappa shape index (κ2) is 4.61. The van der Waals surface area contributed by atoms with Crippen molar-refractivity contribution >= 4 is 16.3 Å². The molecule has 3 atom stereocenters. The SMILES string of the molecule is CC1C2CNCC2CN1Cc1cc(=O)n2ncsc2n1. The summed E-state index contributed by atoms with van der Waals surface area (Å²) in [5.41, 5.74) is 2.43. The maximum Gasteiger partial charge on any atom is 0.275 e. The van der Waals surface area contributed by atoms with Gasteiger partial charge in [0.1, 0.15) is 5.51 Å². The molecular weight excluding hydrogens is 274 g/mol. The van der Waals surface area contributed by atoms with E-state index in [1.807, 2.05) is 0 Å². The second-order valence-corrected chi connectivity index (χ2v) is 6.58. The molecule has 20 heavy (non-hydrogen) atoms. The zero-order chi connectivity index (χ0) is 13.7. The van der Waals surface area contributed by atoms with E-state index in [0.717, 1.165) is 43.7 Å². The van der Waals surface area contributed by atoms with Crippen molar-refractivity contribution in [2.24, 2.45) is 11.8 Å². The predicted octanol–water partition coefficient (Wildman–Crippen LogP) is 0.191. The molecule has 2 aliphatic heterocycles. The van der Waals surface area contributed by atoms with Crippen molar-refractivity contribution in [1.29, 1.82) is 0 Å². The summed E-state index contributed by atoms with van der Waals surface area (Å²) in [6, 6.07) is 2.17. The van der Waals surface area contributed by atoms with Gasteiger partial charge in [-0.15, -0.1) is 0 Å². The van der Waals surface area contributed by atoms with Gasteiger partial charge in [-0.05, 0) is 31.8 Å². The van der Waals surface area contributed by atoms with Crippen LogP contribution < -0.4 is 10.9 Å². The van der Waals surface area contributed by atoms with Crippen molar-refractivity contribution in [1.82, 2.24) is 24.8 Å². The fraction of sp³-hybridized carbons (Fsp3) is 0.615. The Hall–Kier alpha value is -1.31. The second-order valence-electron chi connectivity index (χ2n) is 5.77. The van der Waals surface area contributed by atoms with E-state index < -0.39 is 0 Å². The molecule has 0 amide bonds.